The van der Waals surface area contributed by atoms with Crippen LogP contribution in [0.5, 0.6) is 0 Å². The molecule has 4 rings (SSSR count). The summed E-state index contributed by atoms with van der Waals surface area (Å²) in [5.74, 6) is 0. The van der Waals surface area contributed by atoms with Gasteiger partial charge in [0.25, 0.3) is 0 Å². The molecule has 4 heterocycles. The first kappa shape index (κ1) is 27.0. The summed E-state index contributed by atoms with van der Waals surface area (Å²) < 4.78 is 1.40. The minimum absolute atomic E-state index is 1.13. The van der Waals surface area contributed by atoms with E-state index in [9.17, 15) is 0 Å². The predicted molar refractivity (Wildman–Crippen MR) is 163 cm³/mol. The summed E-state index contributed by atoms with van der Waals surface area (Å²) in [5, 5.41) is 5.69. The molecule has 0 aliphatic rings. The molecule has 0 aromatic carbocycles. The van der Waals surface area contributed by atoms with Crippen LogP contribution >= 0.6 is 45.3 Å². The monoisotopic (exact) mass is 543 g/mol. The molecule has 0 amide bonds. The molecule has 0 atom stereocenters. The molecule has 1 nitrogen and oxygen atoms in total. The lowest BCUT2D eigenvalue weighted by molar-refractivity contribution is 0.532. The zero-order valence-electron chi connectivity index (χ0n) is 21.4. The number of unbranched alkanes of at least 4 members (excludes halogenated alkanes) is 14. The van der Waals surface area contributed by atoms with Gasteiger partial charge in [0.15, 0.2) is 0 Å². The fourth-order valence-corrected chi connectivity index (χ4v) is 9.06. The molecule has 0 unspecified atom stereocenters. The van der Waals surface area contributed by atoms with Crippen LogP contribution in [0.3, 0.4) is 0 Å². The molecular weight excluding hydrogens is 503 g/mol. The average molecular weight is 544 g/mol. The van der Waals surface area contributed by atoms with Crippen LogP contribution in [0.15, 0.2) is 35.0 Å². The van der Waals surface area contributed by atoms with Gasteiger partial charge < -0.3 is 0 Å². The zero-order valence-corrected chi connectivity index (χ0v) is 24.6. The van der Waals surface area contributed by atoms with Crippen LogP contribution < -0.4 is 0 Å². The molecule has 0 saturated heterocycles. The third kappa shape index (κ3) is 8.24. The van der Waals surface area contributed by atoms with Crippen molar-refractivity contribution in [2.75, 3.05) is 0 Å². The zero-order chi connectivity index (χ0) is 24.1. The number of rotatable bonds is 18. The van der Waals surface area contributed by atoms with Crippen LogP contribution in [0.2, 0.25) is 0 Å². The molecule has 0 aliphatic heterocycles. The first-order valence-corrected chi connectivity index (χ1v) is 17.3. The number of aryl methyl sites for hydroxylation is 1. The van der Waals surface area contributed by atoms with E-state index < -0.39 is 0 Å². The fraction of sp³-hybridized carbons (Fsp3) is 0.567. The Bertz CT molecular complexity index is 1000. The molecule has 0 spiro atoms. The third-order valence-corrected chi connectivity index (χ3v) is 11.3. The highest BCUT2D eigenvalue weighted by Gasteiger charge is 2.20. The Hall–Kier alpha value is -1.01. The van der Waals surface area contributed by atoms with Crippen LogP contribution in [-0.4, -0.2) is 4.98 Å². The molecule has 4 aromatic heterocycles. The van der Waals surface area contributed by atoms with Gasteiger partial charge >= 0.3 is 0 Å². The van der Waals surface area contributed by atoms with E-state index in [2.05, 4.69) is 41.9 Å². The van der Waals surface area contributed by atoms with Gasteiger partial charge in [-0.15, -0.1) is 45.3 Å². The normalized spacial score (nSPS) is 11.7. The smallest absolute Gasteiger partial charge is 0.102 e. The molecule has 35 heavy (non-hydrogen) atoms. The van der Waals surface area contributed by atoms with Gasteiger partial charge in [-0.05, 0) is 35.7 Å². The number of thiophene rings is 3. The summed E-state index contributed by atoms with van der Waals surface area (Å²) >= 11 is 7.53. The molecule has 4 aromatic rings. The minimum Gasteiger partial charge on any atom is -0.240 e. The number of fused-ring (bicyclic) bond motifs is 1. The van der Waals surface area contributed by atoms with Crippen LogP contribution in [0, 0.1) is 0 Å². The standard InChI is InChI=1S/C30H41NS4/c1-2-3-4-5-6-7-8-9-10-11-12-13-14-15-16-21-26-31-27-28(24-19-17-22-32-24)35-29(30(27)34-26)25-20-18-23-33-25/h17-20,22-23H,2-16,21H2,1H3. The molecule has 190 valence electrons. The Kier molecular flexibility index (Phi) is 11.8. The highest BCUT2D eigenvalue weighted by Crippen LogP contribution is 2.48. The van der Waals surface area contributed by atoms with E-state index in [-0.39, 0.29) is 0 Å². The van der Waals surface area contributed by atoms with Crippen molar-refractivity contribution < 1.29 is 0 Å². The van der Waals surface area contributed by atoms with Crippen molar-refractivity contribution in [1.29, 1.82) is 0 Å². The van der Waals surface area contributed by atoms with Gasteiger partial charge in [-0.2, -0.15) is 0 Å². The highest BCUT2D eigenvalue weighted by molar-refractivity contribution is 7.31. The maximum absolute atomic E-state index is 5.14. The average Bonchev–Trinajstić information content (AvgIpc) is 3.66. The molecule has 0 radical (unpaired) electrons. The second kappa shape index (κ2) is 15.3. The molecular formula is C30H41NS4. The lowest BCUT2D eigenvalue weighted by Gasteiger charge is -2.03. The van der Waals surface area contributed by atoms with E-state index in [0.717, 1.165) is 6.42 Å². The number of hydrogen-bond acceptors (Lipinski definition) is 5. The van der Waals surface area contributed by atoms with E-state index in [1.165, 1.54) is 131 Å². The lowest BCUT2D eigenvalue weighted by Crippen LogP contribution is -1.86. The fourth-order valence-electron chi connectivity index (χ4n) is 4.77. The van der Waals surface area contributed by atoms with Gasteiger partial charge in [0.2, 0.25) is 0 Å². The van der Waals surface area contributed by atoms with Gasteiger partial charge in [0, 0.05) is 9.75 Å². The first-order chi connectivity index (χ1) is 17.4. The predicted octanol–water partition coefficient (Wildman–Crippen LogP) is 12.2. The summed E-state index contributed by atoms with van der Waals surface area (Å²) in [7, 11) is 0. The van der Waals surface area contributed by atoms with E-state index in [1.807, 2.05) is 45.3 Å². The summed E-state index contributed by atoms with van der Waals surface area (Å²) in [6.07, 6.45) is 22.4. The maximum atomic E-state index is 5.14. The number of nitrogens with zero attached hydrogens (tertiary/aromatic N) is 1. The minimum atomic E-state index is 1.13. The Labute approximate surface area is 228 Å². The second-order valence-corrected chi connectivity index (χ2v) is 13.7. The van der Waals surface area contributed by atoms with Gasteiger partial charge in [0.1, 0.15) is 5.52 Å². The van der Waals surface area contributed by atoms with E-state index in [1.54, 1.807) is 0 Å². The van der Waals surface area contributed by atoms with E-state index >= 15 is 0 Å². The SMILES string of the molecule is CCCCCCCCCCCCCCCCCc1nc2c(-c3cccs3)sc(-c3cccs3)c2s1. The third-order valence-electron chi connectivity index (χ3n) is 6.78. The molecule has 5 heteroatoms. The molecule has 0 saturated carbocycles. The second-order valence-electron chi connectivity index (χ2n) is 9.70. The van der Waals surface area contributed by atoms with Gasteiger partial charge in [-0.1, -0.05) is 109 Å². The van der Waals surface area contributed by atoms with Crippen molar-refractivity contribution in [3.8, 4) is 19.5 Å². The van der Waals surface area contributed by atoms with Crippen molar-refractivity contribution in [3.05, 3.63) is 40.0 Å². The first-order valence-electron chi connectivity index (χ1n) is 13.9. The van der Waals surface area contributed by atoms with Crippen molar-refractivity contribution in [2.45, 2.75) is 110 Å². The van der Waals surface area contributed by atoms with Crippen molar-refractivity contribution in [3.63, 3.8) is 0 Å². The number of hydrogen-bond donors (Lipinski definition) is 0. The van der Waals surface area contributed by atoms with Crippen LogP contribution in [0.25, 0.3) is 29.7 Å². The maximum Gasteiger partial charge on any atom is 0.102 e. The summed E-state index contributed by atoms with van der Waals surface area (Å²) in [5.41, 5.74) is 1.24. The van der Waals surface area contributed by atoms with Crippen molar-refractivity contribution in [1.82, 2.24) is 4.98 Å². The number of thiazole rings is 1. The Morgan fingerprint density at radius 1 is 0.600 bits per heavy atom. The van der Waals surface area contributed by atoms with Gasteiger partial charge in [-0.25, -0.2) is 4.98 Å². The molecule has 0 bridgehead atoms. The largest absolute Gasteiger partial charge is 0.240 e. The van der Waals surface area contributed by atoms with Gasteiger partial charge in [-0.3, -0.25) is 0 Å². The Balaban J connectivity index is 1.14. The summed E-state index contributed by atoms with van der Waals surface area (Å²) in [4.78, 5) is 10.6. The van der Waals surface area contributed by atoms with Crippen LogP contribution in [0.1, 0.15) is 108 Å². The topological polar surface area (TPSA) is 12.9 Å². The Morgan fingerprint density at radius 2 is 1.11 bits per heavy atom. The Morgan fingerprint density at radius 3 is 1.63 bits per heavy atom. The quantitative estimate of drug-likeness (QED) is 0.114. The van der Waals surface area contributed by atoms with Gasteiger partial charge in [0.05, 0.1) is 19.5 Å². The highest BCUT2D eigenvalue weighted by atomic mass is 32.1. The number of aromatic nitrogens is 1. The lowest BCUT2D eigenvalue weighted by atomic mass is 10.0. The molecule has 0 N–H and O–H groups in total. The summed E-state index contributed by atoms with van der Waals surface area (Å²) in [6.45, 7) is 2.30. The van der Waals surface area contributed by atoms with Crippen molar-refractivity contribution in [2.24, 2.45) is 0 Å². The molecule has 0 aliphatic carbocycles. The van der Waals surface area contributed by atoms with Crippen LogP contribution in [-0.2, 0) is 6.42 Å². The van der Waals surface area contributed by atoms with Crippen molar-refractivity contribution >= 4 is 55.6 Å². The summed E-state index contributed by atoms with van der Waals surface area (Å²) in [6, 6.07) is 8.80. The molecule has 0 fully saturated rings. The van der Waals surface area contributed by atoms with E-state index in [4.69, 9.17) is 4.98 Å². The van der Waals surface area contributed by atoms with E-state index in [0.29, 0.717) is 0 Å². The van der Waals surface area contributed by atoms with Crippen LogP contribution in [0.4, 0.5) is 0 Å².